The van der Waals surface area contributed by atoms with Crippen LogP contribution in [0.3, 0.4) is 0 Å². The van der Waals surface area contributed by atoms with Crippen LogP contribution in [0.1, 0.15) is 31.2 Å². The SMILES string of the molecule is CC(C)c1nc(Br)cc(NCc2ccc3c(c2)OCO3)n1. The van der Waals surface area contributed by atoms with E-state index in [1.54, 1.807) is 0 Å². The Morgan fingerprint density at radius 3 is 2.81 bits per heavy atom. The fourth-order valence-electron chi connectivity index (χ4n) is 2.03. The van der Waals surface area contributed by atoms with Gasteiger partial charge in [-0.05, 0) is 33.6 Å². The molecule has 6 heteroatoms. The van der Waals surface area contributed by atoms with Crippen LogP contribution in [-0.4, -0.2) is 16.8 Å². The first kappa shape index (κ1) is 14.1. The number of hydrogen-bond donors (Lipinski definition) is 1. The number of hydrogen-bond acceptors (Lipinski definition) is 5. The molecule has 110 valence electrons. The van der Waals surface area contributed by atoms with Crippen LogP contribution in [0.2, 0.25) is 0 Å². The lowest BCUT2D eigenvalue weighted by Gasteiger charge is -2.10. The van der Waals surface area contributed by atoms with Gasteiger partial charge in [-0.25, -0.2) is 9.97 Å². The predicted molar refractivity (Wildman–Crippen MR) is 83.7 cm³/mol. The highest BCUT2D eigenvalue weighted by Crippen LogP contribution is 2.32. The molecule has 0 bridgehead atoms. The molecule has 1 aliphatic rings. The first-order chi connectivity index (χ1) is 10.1. The number of aromatic nitrogens is 2. The number of halogens is 1. The van der Waals surface area contributed by atoms with E-state index in [4.69, 9.17) is 9.47 Å². The van der Waals surface area contributed by atoms with Gasteiger partial charge >= 0.3 is 0 Å². The van der Waals surface area contributed by atoms with E-state index >= 15 is 0 Å². The van der Waals surface area contributed by atoms with E-state index in [1.165, 1.54) is 0 Å². The first-order valence-electron chi connectivity index (χ1n) is 6.78. The highest BCUT2D eigenvalue weighted by molar-refractivity contribution is 9.10. The molecule has 3 rings (SSSR count). The van der Waals surface area contributed by atoms with E-state index in [9.17, 15) is 0 Å². The zero-order chi connectivity index (χ0) is 14.8. The second-order valence-electron chi connectivity index (χ2n) is 5.13. The standard InChI is InChI=1S/C15H16BrN3O2/c1-9(2)15-18-13(16)6-14(19-15)17-7-10-3-4-11-12(5-10)21-8-20-11/h3-6,9H,7-8H2,1-2H3,(H,17,18,19). The molecule has 0 spiro atoms. The maximum absolute atomic E-state index is 5.38. The summed E-state index contributed by atoms with van der Waals surface area (Å²) in [5, 5.41) is 3.31. The Morgan fingerprint density at radius 2 is 2.00 bits per heavy atom. The zero-order valence-electron chi connectivity index (χ0n) is 11.9. The largest absolute Gasteiger partial charge is 0.454 e. The minimum atomic E-state index is 0.286. The third kappa shape index (κ3) is 3.26. The van der Waals surface area contributed by atoms with Gasteiger partial charge in [0.25, 0.3) is 0 Å². The summed E-state index contributed by atoms with van der Waals surface area (Å²) in [5.41, 5.74) is 1.11. The van der Waals surface area contributed by atoms with Crippen molar-refractivity contribution in [1.29, 1.82) is 0 Å². The molecule has 1 aliphatic heterocycles. The van der Waals surface area contributed by atoms with Crippen molar-refractivity contribution in [3.05, 3.63) is 40.3 Å². The van der Waals surface area contributed by atoms with Crippen LogP contribution in [0.25, 0.3) is 0 Å². The van der Waals surface area contributed by atoms with Crippen LogP contribution in [0, 0.1) is 0 Å². The highest BCUT2D eigenvalue weighted by atomic mass is 79.9. The fraction of sp³-hybridized carbons (Fsp3) is 0.333. The van der Waals surface area contributed by atoms with Gasteiger partial charge in [0.15, 0.2) is 11.5 Å². The highest BCUT2D eigenvalue weighted by Gasteiger charge is 2.13. The van der Waals surface area contributed by atoms with Gasteiger partial charge in [-0.3, -0.25) is 0 Å². The molecule has 0 radical (unpaired) electrons. The van der Waals surface area contributed by atoms with Gasteiger partial charge in [-0.15, -0.1) is 0 Å². The van der Waals surface area contributed by atoms with Crippen molar-refractivity contribution in [2.24, 2.45) is 0 Å². The lowest BCUT2D eigenvalue weighted by atomic mass is 10.2. The Kier molecular flexibility index (Phi) is 3.96. The van der Waals surface area contributed by atoms with Crippen molar-refractivity contribution < 1.29 is 9.47 Å². The summed E-state index contributed by atoms with van der Waals surface area (Å²) in [6.45, 7) is 5.10. The van der Waals surface area contributed by atoms with Gasteiger partial charge in [0.05, 0.1) is 0 Å². The fourth-order valence-corrected chi connectivity index (χ4v) is 2.43. The van der Waals surface area contributed by atoms with Crippen molar-refractivity contribution in [3.63, 3.8) is 0 Å². The Balaban J connectivity index is 1.73. The molecule has 1 N–H and O–H groups in total. The third-order valence-electron chi connectivity index (χ3n) is 3.14. The Hall–Kier alpha value is -1.82. The molecule has 21 heavy (non-hydrogen) atoms. The van der Waals surface area contributed by atoms with Crippen molar-refractivity contribution in [3.8, 4) is 11.5 Å². The molecular weight excluding hydrogens is 334 g/mol. The summed E-state index contributed by atoms with van der Waals surface area (Å²) in [4.78, 5) is 8.88. The van der Waals surface area contributed by atoms with Crippen molar-refractivity contribution >= 4 is 21.7 Å². The second-order valence-corrected chi connectivity index (χ2v) is 5.94. The van der Waals surface area contributed by atoms with Crippen LogP contribution in [0.5, 0.6) is 11.5 Å². The quantitative estimate of drug-likeness (QED) is 0.852. The Morgan fingerprint density at radius 1 is 1.19 bits per heavy atom. The van der Waals surface area contributed by atoms with Crippen molar-refractivity contribution in [1.82, 2.24) is 9.97 Å². The number of nitrogens with zero attached hydrogens (tertiary/aromatic N) is 2. The Bertz CT molecular complexity index is 661. The minimum Gasteiger partial charge on any atom is -0.454 e. The molecule has 0 saturated carbocycles. The second kappa shape index (κ2) is 5.89. The summed E-state index contributed by atoms with van der Waals surface area (Å²) >= 11 is 3.42. The molecule has 5 nitrogen and oxygen atoms in total. The summed E-state index contributed by atoms with van der Waals surface area (Å²) < 4.78 is 11.5. The molecule has 0 atom stereocenters. The number of rotatable bonds is 4. The minimum absolute atomic E-state index is 0.286. The maximum atomic E-state index is 5.38. The number of ether oxygens (including phenoxy) is 2. The number of nitrogens with one attached hydrogen (secondary N) is 1. The predicted octanol–water partition coefficient (Wildman–Crippen LogP) is 3.70. The van der Waals surface area contributed by atoms with Crippen LogP contribution >= 0.6 is 15.9 Å². The molecule has 0 unspecified atom stereocenters. The molecule has 0 fully saturated rings. The van der Waals surface area contributed by atoms with E-state index in [-0.39, 0.29) is 5.92 Å². The average molecular weight is 350 g/mol. The number of benzene rings is 1. The van der Waals surface area contributed by atoms with Crippen molar-refractivity contribution in [2.75, 3.05) is 12.1 Å². The van der Waals surface area contributed by atoms with Crippen molar-refractivity contribution in [2.45, 2.75) is 26.3 Å². The van der Waals surface area contributed by atoms with Gasteiger partial charge < -0.3 is 14.8 Å². The first-order valence-corrected chi connectivity index (χ1v) is 7.58. The normalized spacial score (nSPS) is 12.8. The van der Waals surface area contributed by atoms with E-state index in [2.05, 4.69) is 45.1 Å². The van der Waals surface area contributed by atoms with E-state index < -0.39 is 0 Å². The van der Waals surface area contributed by atoms with E-state index in [0.717, 1.165) is 33.3 Å². The topological polar surface area (TPSA) is 56.3 Å². The van der Waals surface area contributed by atoms with Gasteiger partial charge in [-0.2, -0.15) is 0 Å². The van der Waals surface area contributed by atoms with Gasteiger partial charge in [0.1, 0.15) is 16.2 Å². The number of fused-ring (bicyclic) bond motifs is 1. The van der Waals surface area contributed by atoms with Gasteiger partial charge in [0.2, 0.25) is 6.79 Å². The summed E-state index contributed by atoms with van der Waals surface area (Å²) in [5.74, 6) is 3.50. The zero-order valence-corrected chi connectivity index (χ0v) is 13.5. The monoisotopic (exact) mass is 349 g/mol. The average Bonchev–Trinajstić information content (AvgIpc) is 2.92. The third-order valence-corrected chi connectivity index (χ3v) is 3.55. The molecular formula is C15H16BrN3O2. The van der Waals surface area contributed by atoms with Gasteiger partial charge in [0, 0.05) is 18.5 Å². The van der Waals surface area contributed by atoms with Crippen LogP contribution in [0.15, 0.2) is 28.9 Å². The maximum Gasteiger partial charge on any atom is 0.231 e. The summed E-state index contributed by atoms with van der Waals surface area (Å²) in [6, 6.07) is 7.79. The van der Waals surface area contributed by atoms with Crippen LogP contribution in [0.4, 0.5) is 5.82 Å². The molecule has 0 saturated heterocycles. The van der Waals surface area contributed by atoms with Gasteiger partial charge in [-0.1, -0.05) is 19.9 Å². The summed E-state index contributed by atoms with van der Waals surface area (Å²) in [6.07, 6.45) is 0. The van der Waals surface area contributed by atoms with E-state index in [1.807, 2.05) is 24.3 Å². The molecule has 0 aliphatic carbocycles. The molecule has 2 aromatic rings. The number of anilines is 1. The van der Waals surface area contributed by atoms with E-state index in [0.29, 0.717) is 13.3 Å². The molecule has 2 heterocycles. The van der Waals surface area contributed by atoms with Crippen LogP contribution < -0.4 is 14.8 Å². The molecule has 1 aromatic heterocycles. The molecule has 1 aromatic carbocycles. The summed E-state index contributed by atoms with van der Waals surface area (Å²) in [7, 11) is 0. The Labute approximate surface area is 131 Å². The molecule has 0 amide bonds. The lowest BCUT2D eigenvalue weighted by molar-refractivity contribution is 0.174. The smallest absolute Gasteiger partial charge is 0.231 e. The van der Waals surface area contributed by atoms with Crippen LogP contribution in [-0.2, 0) is 6.54 Å². The lowest BCUT2D eigenvalue weighted by Crippen LogP contribution is -2.05.